The summed E-state index contributed by atoms with van der Waals surface area (Å²) < 4.78 is 43.9. The Morgan fingerprint density at radius 3 is 2.22 bits per heavy atom. The van der Waals surface area contributed by atoms with Gasteiger partial charge in [-0.15, -0.1) is 9.19 Å². The molecule has 0 unspecified atom stereocenters. The topological polar surface area (TPSA) is 79.7 Å². The van der Waals surface area contributed by atoms with Gasteiger partial charge in [0.05, 0.1) is 36.6 Å². The van der Waals surface area contributed by atoms with Gasteiger partial charge in [-0.2, -0.15) is 8.42 Å². The van der Waals surface area contributed by atoms with E-state index in [1.165, 1.54) is 19.2 Å². The molecule has 0 amide bonds. The summed E-state index contributed by atoms with van der Waals surface area (Å²) >= 11 is 5.93. The molecule has 0 spiro atoms. The van der Waals surface area contributed by atoms with Crippen molar-refractivity contribution in [3.05, 3.63) is 77.3 Å². The van der Waals surface area contributed by atoms with Gasteiger partial charge in [-0.05, 0) is 60.2 Å². The van der Waals surface area contributed by atoms with Crippen LogP contribution in [0.1, 0.15) is 5.56 Å². The first-order chi connectivity index (χ1) is 15.4. The Morgan fingerprint density at radius 1 is 0.906 bits per heavy atom. The van der Waals surface area contributed by atoms with Crippen LogP contribution < -0.4 is 14.2 Å². The van der Waals surface area contributed by atoms with Crippen molar-refractivity contribution in [2.24, 2.45) is 0 Å². The number of fused-ring (bicyclic) bond motifs is 1. The molecule has 0 aliphatic rings. The van der Waals surface area contributed by atoms with E-state index in [4.69, 9.17) is 25.8 Å². The fourth-order valence-electron chi connectivity index (χ4n) is 3.22. The Balaban J connectivity index is 1.69. The molecule has 4 rings (SSSR count). The van der Waals surface area contributed by atoms with Crippen molar-refractivity contribution < 1.29 is 22.6 Å². The number of methoxy groups -OCH3 is 2. The lowest BCUT2D eigenvalue weighted by atomic mass is 10.2. The van der Waals surface area contributed by atoms with Gasteiger partial charge in [-0.25, -0.2) is 0 Å². The summed E-state index contributed by atoms with van der Waals surface area (Å²) in [4.78, 5) is 0.0891. The lowest BCUT2D eigenvalue weighted by Gasteiger charge is -2.07. The SMILES string of the molecule is COc1ccc(S(=O)(=O)n2nc(OCCc3ccc(Cl)cc3)c3cc(OC)ccc32)cc1. The highest BCUT2D eigenvalue weighted by Gasteiger charge is 2.24. The van der Waals surface area contributed by atoms with Gasteiger partial charge in [0.15, 0.2) is 0 Å². The monoisotopic (exact) mass is 472 g/mol. The molecule has 32 heavy (non-hydrogen) atoms. The average Bonchev–Trinajstić information content (AvgIpc) is 3.19. The van der Waals surface area contributed by atoms with Crippen LogP contribution in [0.25, 0.3) is 10.9 Å². The molecule has 4 aromatic rings. The van der Waals surface area contributed by atoms with E-state index in [9.17, 15) is 8.42 Å². The molecule has 0 N–H and O–H groups in total. The second-order valence-electron chi connectivity index (χ2n) is 6.94. The zero-order chi connectivity index (χ0) is 22.7. The maximum absolute atomic E-state index is 13.3. The summed E-state index contributed by atoms with van der Waals surface area (Å²) in [6.45, 7) is 0.313. The third kappa shape index (κ3) is 4.37. The predicted octanol–water partition coefficient (Wildman–Crippen LogP) is 4.57. The quantitative estimate of drug-likeness (QED) is 0.374. The van der Waals surface area contributed by atoms with E-state index >= 15 is 0 Å². The average molecular weight is 473 g/mol. The molecular weight excluding hydrogens is 452 g/mol. The molecule has 0 atom stereocenters. The molecule has 1 aromatic heterocycles. The molecule has 0 saturated heterocycles. The molecule has 0 aliphatic carbocycles. The molecule has 1 heterocycles. The number of halogens is 1. The third-order valence-electron chi connectivity index (χ3n) is 4.95. The van der Waals surface area contributed by atoms with Gasteiger partial charge >= 0.3 is 0 Å². The van der Waals surface area contributed by atoms with Crippen molar-refractivity contribution in [2.45, 2.75) is 11.3 Å². The second-order valence-corrected chi connectivity index (χ2v) is 9.14. The van der Waals surface area contributed by atoms with Crippen molar-refractivity contribution in [1.29, 1.82) is 0 Å². The van der Waals surface area contributed by atoms with Crippen LogP contribution in [-0.2, 0) is 16.4 Å². The minimum atomic E-state index is -3.96. The molecule has 166 valence electrons. The van der Waals surface area contributed by atoms with E-state index in [-0.39, 0.29) is 10.8 Å². The predicted molar refractivity (Wildman–Crippen MR) is 123 cm³/mol. The van der Waals surface area contributed by atoms with E-state index in [0.29, 0.717) is 40.5 Å². The maximum atomic E-state index is 13.3. The molecule has 9 heteroatoms. The Kier molecular flexibility index (Phi) is 6.25. The van der Waals surface area contributed by atoms with E-state index < -0.39 is 10.0 Å². The Morgan fingerprint density at radius 2 is 1.56 bits per heavy atom. The number of ether oxygens (including phenoxy) is 3. The highest BCUT2D eigenvalue weighted by atomic mass is 35.5. The fraction of sp³-hybridized carbons (Fsp3) is 0.174. The van der Waals surface area contributed by atoms with Gasteiger partial charge in [0.1, 0.15) is 11.5 Å². The zero-order valence-electron chi connectivity index (χ0n) is 17.5. The van der Waals surface area contributed by atoms with Gasteiger partial charge in [0.2, 0.25) is 5.88 Å². The number of hydrogen-bond donors (Lipinski definition) is 0. The standard InChI is InChI=1S/C23H21ClN2O5S/c1-29-18-7-10-20(11-8-18)32(27,28)26-22-12-9-19(30-2)15-21(22)23(25-26)31-14-13-16-3-5-17(24)6-4-16/h3-12,15H,13-14H2,1-2H3. The summed E-state index contributed by atoms with van der Waals surface area (Å²) in [6, 6.07) is 18.6. The number of aromatic nitrogens is 2. The molecule has 3 aromatic carbocycles. The van der Waals surface area contributed by atoms with Gasteiger partial charge < -0.3 is 14.2 Å². The number of benzene rings is 3. The summed E-state index contributed by atoms with van der Waals surface area (Å²) in [7, 11) is -0.895. The molecule has 0 radical (unpaired) electrons. The number of nitrogens with zero attached hydrogens (tertiary/aromatic N) is 2. The Hall–Kier alpha value is -3.23. The highest BCUT2D eigenvalue weighted by Crippen LogP contribution is 2.31. The zero-order valence-corrected chi connectivity index (χ0v) is 19.1. The molecule has 0 saturated carbocycles. The summed E-state index contributed by atoms with van der Waals surface area (Å²) in [6.07, 6.45) is 0.612. The van der Waals surface area contributed by atoms with E-state index in [0.717, 1.165) is 9.65 Å². The largest absolute Gasteiger partial charge is 0.497 e. The highest BCUT2D eigenvalue weighted by molar-refractivity contribution is 7.90. The Bertz CT molecular complexity index is 1330. The number of hydrogen-bond acceptors (Lipinski definition) is 6. The molecule has 0 fully saturated rings. The first-order valence-electron chi connectivity index (χ1n) is 9.76. The second kappa shape index (κ2) is 9.10. The first kappa shape index (κ1) is 22.0. The smallest absolute Gasteiger partial charge is 0.283 e. The molecule has 0 bridgehead atoms. The van der Waals surface area contributed by atoms with Crippen molar-refractivity contribution in [2.75, 3.05) is 20.8 Å². The number of rotatable bonds is 8. The summed E-state index contributed by atoms with van der Waals surface area (Å²) in [5.74, 6) is 1.34. The fourth-order valence-corrected chi connectivity index (χ4v) is 4.63. The van der Waals surface area contributed by atoms with Gasteiger partial charge in [-0.3, -0.25) is 0 Å². The van der Waals surface area contributed by atoms with Crippen molar-refractivity contribution in [3.63, 3.8) is 0 Å². The summed E-state index contributed by atoms with van der Waals surface area (Å²) in [5, 5.41) is 5.50. The van der Waals surface area contributed by atoms with Crippen LogP contribution in [0.3, 0.4) is 0 Å². The minimum absolute atomic E-state index is 0.0891. The molecule has 7 nitrogen and oxygen atoms in total. The van der Waals surface area contributed by atoms with Gasteiger partial charge in [-0.1, -0.05) is 23.7 Å². The van der Waals surface area contributed by atoms with E-state index in [1.807, 2.05) is 24.3 Å². The van der Waals surface area contributed by atoms with Gasteiger partial charge in [0, 0.05) is 11.4 Å². The lowest BCUT2D eigenvalue weighted by molar-refractivity contribution is 0.311. The molecule has 0 aliphatic heterocycles. The van der Waals surface area contributed by atoms with Crippen LogP contribution in [0.4, 0.5) is 0 Å². The Labute approximate surface area is 191 Å². The van der Waals surface area contributed by atoms with Crippen molar-refractivity contribution >= 4 is 32.5 Å². The van der Waals surface area contributed by atoms with E-state index in [2.05, 4.69) is 5.10 Å². The van der Waals surface area contributed by atoms with E-state index in [1.54, 1.807) is 37.4 Å². The van der Waals surface area contributed by atoms with Crippen LogP contribution in [0, 0.1) is 0 Å². The van der Waals surface area contributed by atoms with Crippen LogP contribution >= 0.6 is 11.6 Å². The minimum Gasteiger partial charge on any atom is -0.497 e. The van der Waals surface area contributed by atoms with Crippen LogP contribution in [0.15, 0.2) is 71.6 Å². The van der Waals surface area contributed by atoms with Crippen molar-refractivity contribution in [1.82, 2.24) is 9.19 Å². The first-order valence-corrected chi connectivity index (χ1v) is 11.6. The van der Waals surface area contributed by atoms with Crippen LogP contribution in [0.5, 0.6) is 17.4 Å². The summed E-state index contributed by atoms with van der Waals surface area (Å²) in [5.41, 5.74) is 1.43. The third-order valence-corrected chi connectivity index (χ3v) is 6.80. The normalized spacial score (nSPS) is 11.5. The molecular formula is C23H21ClN2O5S. The van der Waals surface area contributed by atoms with Gasteiger partial charge in [0.25, 0.3) is 10.0 Å². The van der Waals surface area contributed by atoms with Crippen molar-refractivity contribution in [3.8, 4) is 17.4 Å². The lowest BCUT2D eigenvalue weighted by Crippen LogP contribution is -2.14. The maximum Gasteiger partial charge on any atom is 0.283 e. The van der Waals surface area contributed by atoms with Crippen LogP contribution in [0.2, 0.25) is 5.02 Å². The van der Waals surface area contributed by atoms with Crippen LogP contribution in [-0.4, -0.2) is 38.4 Å².